The van der Waals surface area contributed by atoms with Crippen molar-refractivity contribution in [1.82, 2.24) is 4.90 Å². The molecular weight excluding hydrogens is 454 g/mol. The zero-order chi connectivity index (χ0) is 24.0. The van der Waals surface area contributed by atoms with Crippen LogP contribution < -0.4 is 9.64 Å². The van der Waals surface area contributed by atoms with Crippen molar-refractivity contribution in [3.63, 3.8) is 0 Å². The maximum atomic E-state index is 14.4. The van der Waals surface area contributed by atoms with E-state index in [9.17, 15) is 31.1 Å². The first-order chi connectivity index (χ1) is 15.5. The predicted molar refractivity (Wildman–Crippen MR) is 106 cm³/mol. The number of alkyl halides is 4. The van der Waals surface area contributed by atoms with E-state index in [4.69, 9.17) is 9.47 Å². The molecule has 0 aromatic heterocycles. The van der Waals surface area contributed by atoms with Gasteiger partial charge in [0, 0.05) is 30.4 Å². The van der Waals surface area contributed by atoms with Gasteiger partial charge in [0.15, 0.2) is 6.61 Å². The van der Waals surface area contributed by atoms with Gasteiger partial charge in [-0.05, 0) is 37.3 Å². The van der Waals surface area contributed by atoms with Crippen molar-refractivity contribution < 1.29 is 40.6 Å². The maximum absolute atomic E-state index is 14.4. The van der Waals surface area contributed by atoms with Gasteiger partial charge in [0.2, 0.25) is 0 Å². The molecule has 2 heterocycles. The molecule has 2 fully saturated rings. The minimum absolute atomic E-state index is 0.0481. The molecule has 2 aliphatic rings. The zero-order valence-electron chi connectivity index (χ0n) is 17.4. The Morgan fingerprint density at radius 1 is 1.12 bits per heavy atom. The molecule has 2 aromatic rings. The molecule has 0 unspecified atom stereocenters. The second-order valence-corrected chi connectivity index (χ2v) is 7.95. The third-order valence-corrected chi connectivity index (χ3v) is 5.92. The van der Waals surface area contributed by atoms with Crippen LogP contribution in [0.2, 0.25) is 0 Å². The van der Waals surface area contributed by atoms with Gasteiger partial charge >= 0.3 is 18.4 Å². The molecule has 178 valence electrons. The van der Waals surface area contributed by atoms with Crippen LogP contribution in [0.4, 0.5) is 36.8 Å². The van der Waals surface area contributed by atoms with Crippen molar-refractivity contribution in [3.05, 3.63) is 59.7 Å². The van der Waals surface area contributed by atoms with Gasteiger partial charge in [0.1, 0.15) is 23.0 Å². The van der Waals surface area contributed by atoms with E-state index in [0.29, 0.717) is 18.8 Å². The number of carbonyl (C=O) groups is 1. The number of urea groups is 1. The molecular formula is C22H20F6N2O3. The quantitative estimate of drug-likeness (QED) is 0.408. The molecule has 2 saturated heterocycles. The number of amides is 2. The molecule has 0 spiro atoms. The first-order valence-electron chi connectivity index (χ1n) is 10.1. The van der Waals surface area contributed by atoms with E-state index in [1.54, 1.807) is 6.92 Å². The van der Waals surface area contributed by atoms with Crippen molar-refractivity contribution in [2.75, 3.05) is 31.2 Å². The van der Waals surface area contributed by atoms with Crippen LogP contribution >= 0.6 is 0 Å². The van der Waals surface area contributed by atoms with E-state index in [2.05, 4.69) is 0 Å². The van der Waals surface area contributed by atoms with Crippen LogP contribution in [0.15, 0.2) is 42.5 Å². The fraction of sp³-hybridized carbons (Fsp3) is 0.409. The van der Waals surface area contributed by atoms with E-state index in [1.165, 1.54) is 40.1 Å². The van der Waals surface area contributed by atoms with Crippen LogP contribution in [0.25, 0.3) is 0 Å². The third kappa shape index (κ3) is 4.33. The molecule has 4 rings (SSSR count). The molecule has 5 nitrogen and oxygen atoms in total. The summed E-state index contributed by atoms with van der Waals surface area (Å²) in [5, 5.41) is 0. The predicted octanol–water partition coefficient (Wildman–Crippen LogP) is 4.80. The second kappa shape index (κ2) is 8.44. The molecule has 0 N–H and O–H groups in total. The highest BCUT2D eigenvalue weighted by Crippen LogP contribution is 2.46. The Bertz CT molecular complexity index is 1030. The van der Waals surface area contributed by atoms with Crippen LogP contribution in [0.1, 0.15) is 12.5 Å². The summed E-state index contributed by atoms with van der Waals surface area (Å²) < 4.78 is 88.4. The summed E-state index contributed by atoms with van der Waals surface area (Å²) in [6.07, 6.45) is -3.84. The lowest BCUT2D eigenvalue weighted by atomic mass is 9.91. The normalized spacial score (nSPS) is 21.6. The third-order valence-electron chi connectivity index (χ3n) is 5.92. The molecule has 0 aliphatic carbocycles. The van der Waals surface area contributed by atoms with Gasteiger partial charge in [0.05, 0.1) is 12.6 Å². The number of benzene rings is 2. The Morgan fingerprint density at radius 3 is 2.36 bits per heavy atom. The van der Waals surface area contributed by atoms with Crippen LogP contribution in [0, 0.1) is 11.6 Å². The fourth-order valence-electron chi connectivity index (χ4n) is 3.90. The van der Waals surface area contributed by atoms with Crippen LogP contribution in [-0.4, -0.2) is 55.6 Å². The summed E-state index contributed by atoms with van der Waals surface area (Å²) >= 11 is 0. The minimum atomic E-state index is -4.27. The van der Waals surface area contributed by atoms with Gasteiger partial charge in [-0.2, -0.15) is 8.78 Å². The number of nitrogens with zero attached hydrogens (tertiary/aromatic N) is 2. The fourth-order valence-corrected chi connectivity index (χ4v) is 3.90. The van der Waals surface area contributed by atoms with E-state index in [1.807, 2.05) is 0 Å². The lowest BCUT2D eigenvalue weighted by molar-refractivity contribution is -0.148. The van der Waals surface area contributed by atoms with Gasteiger partial charge in [-0.25, -0.2) is 22.4 Å². The summed E-state index contributed by atoms with van der Waals surface area (Å²) in [7, 11) is 0. The molecule has 2 aromatic carbocycles. The monoisotopic (exact) mass is 474 g/mol. The van der Waals surface area contributed by atoms with E-state index >= 15 is 0 Å². The SMILES string of the molecule is C[C@@H](N1CCN(c2ccc(OCC(F)(F)C(F)F)cc2)C1=O)[C@]1(c2ccc(F)cc2F)CO1. The van der Waals surface area contributed by atoms with Crippen molar-refractivity contribution in [2.45, 2.75) is 30.9 Å². The Hall–Kier alpha value is -2.95. The lowest BCUT2D eigenvalue weighted by Gasteiger charge is -2.30. The highest BCUT2D eigenvalue weighted by atomic mass is 19.3. The zero-order valence-corrected chi connectivity index (χ0v) is 17.4. The van der Waals surface area contributed by atoms with E-state index < -0.39 is 42.2 Å². The first kappa shape index (κ1) is 23.2. The highest BCUT2D eigenvalue weighted by Gasteiger charge is 2.56. The van der Waals surface area contributed by atoms with Crippen LogP contribution in [0.3, 0.4) is 0 Å². The molecule has 2 amide bonds. The first-order valence-corrected chi connectivity index (χ1v) is 10.1. The van der Waals surface area contributed by atoms with Crippen molar-refractivity contribution in [3.8, 4) is 5.75 Å². The summed E-state index contributed by atoms with van der Waals surface area (Å²) in [5.41, 5.74) is -0.456. The average molecular weight is 474 g/mol. The molecule has 0 saturated carbocycles. The molecule has 0 radical (unpaired) electrons. The van der Waals surface area contributed by atoms with E-state index in [-0.39, 0.29) is 24.0 Å². The van der Waals surface area contributed by atoms with Crippen LogP contribution in [0.5, 0.6) is 5.75 Å². The number of anilines is 1. The largest absolute Gasteiger partial charge is 0.487 e. The van der Waals surface area contributed by atoms with E-state index in [0.717, 1.165) is 12.1 Å². The molecule has 33 heavy (non-hydrogen) atoms. The van der Waals surface area contributed by atoms with Crippen molar-refractivity contribution in [2.24, 2.45) is 0 Å². The standard InChI is InChI=1S/C22H20F6N2O3/c1-13(21(11-33-21)17-7-2-14(23)10-18(17)24)29-8-9-30(20(29)31)15-3-5-16(6-4-15)32-12-22(27,28)19(25)26/h2-7,10,13,19H,8-9,11-12H2,1H3/t13-,21+/m1/s1. The van der Waals surface area contributed by atoms with Gasteiger partial charge < -0.3 is 14.4 Å². The Balaban J connectivity index is 1.44. The summed E-state index contributed by atoms with van der Waals surface area (Å²) in [6, 6.07) is 7.79. The summed E-state index contributed by atoms with van der Waals surface area (Å²) in [6.45, 7) is 1.04. The second-order valence-electron chi connectivity index (χ2n) is 7.95. The number of ether oxygens (including phenoxy) is 2. The highest BCUT2D eigenvalue weighted by molar-refractivity contribution is 5.94. The molecule has 2 aliphatic heterocycles. The minimum Gasteiger partial charge on any atom is -0.487 e. The van der Waals surface area contributed by atoms with Gasteiger partial charge in [-0.1, -0.05) is 6.07 Å². The molecule has 2 atom stereocenters. The summed E-state index contributed by atoms with van der Waals surface area (Å²) in [5.74, 6) is -5.79. The molecule has 11 heteroatoms. The number of halogens is 6. The average Bonchev–Trinajstić information content (AvgIpc) is 3.48. The topological polar surface area (TPSA) is 45.3 Å². The Labute approximate surface area is 185 Å². The Kier molecular flexibility index (Phi) is 5.94. The number of hydrogen-bond donors (Lipinski definition) is 0. The van der Waals surface area contributed by atoms with Gasteiger partial charge in [-0.3, -0.25) is 4.90 Å². The van der Waals surface area contributed by atoms with Gasteiger partial charge in [0.25, 0.3) is 0 Å². The Morgan fingerprint density at radius 2 is 1.79 bits per heavy atom. The number of hydrogen-bond acceptors (Lipinski definition) is 3. The van der Waals surface area contributed by atoms with Crippen molar-refractivity contribution in [1.29, 1.82) is 0 Å². The van der Waals surface area contributed by atoms with Crippen molar-refractivity contribution >= 4 is 11.7 Å². The lowest BCUT2D eigenvalue weighted by Crippen LogP contribution is -2.45. The number of carbonyl (C=O) groups excluding carboxylic acids is 1. The number of rotatable bonds is 8. The smallest absolute Gasteiger partial charge is 0.340 e. The van der Waals surface area contributed by atoms with Gasteiger partial charge in [-0.15, -0.1) is 0 Å². The molecule has 0 bridgehead atoms. The number of epoxide rings is 1. The summed E-state index contributed by atoms with van der Waals surface area (Å²) in [4.78, 5) is 16.0. The maximum Gasteiger partial charge on any atom is 0.340 e. The van der Waals surface area contributed by atoms with Crippen LogP contribution in [-0.2, 0) is 10.3 Å².